The lowest BCUT2D eigenvalue weighted by molar-refractivity contribution is 1.75. The SMILES string of the molecule is c1ccc2c(c1)cc(-c1cccc3c1sc1ccccc13)c1ccc3c4ccccc4sc3c12. The van der Waals surface area contributed by atoms with E-state index in [2.05, 4.69) is 109 Å². The lowest BCUT2D eigenvalue weighted by Crippen LogP contribution is -1.85. The topological polar surface area (TPSA) is 0 Å². The molecule has 0 spiro atoms. The first kappa shape index (κ1) is 18.7. The minimum absolute atomic E-state index is 1.30. The average Bonchev–Trinajstić information content (AvgIpc) is 3.46. The highest BCUT2D eigenvalue weighted by molar-refractivity contribution is 7.27. The molecule has 0 aliphatic heterocycles. The Labute approximate surface area is 204 Å². The maximum atomic E-state index is 2.40. The van der Waals surface area contributed by atoms with Crippen molar-refractivity contribution in [1.29, 1.82) is 0 Å². The van der Waals surface area contributed by atoms with Crippen LogP contribution < -0.4 is 0 Å². The molecule has 6 aromatic carbocycles. The number of hydrogen-bond acceptors (Lipinski definition) is 2. The minimum atomic E-state index is 1.30. The van der Waals surface area contributed by atoms with Gasteiger partial charge < -0.3 is 0 Å². The molecule has 0 aliphatic carbocycles. The largest absolute Gasteiger partial charge is 0.135 e. The molecule has 0 bridgehead atoms. The van der Waals surface area contributed by atoms with Crippen LogP contribution in [-0.2, 0) is 0 Å². The highest BCUT2D eigenvalue weighted by atomic mass is 32.1. The molecule has 0 amide bonds. The van der Waals surface area contributed by atoms with E-state index in [1.54, 1.807) is 0 Å². The summed E-state index contributed by atoms with van der Waals surface area (Å²) in [6.45, 7) is 0. The van der Waals surface area contributed by atoms with Crippen LogP contribution in [0.4, 0.5) is 0 Å². The first-order valence-electron chi connectivity index (χ1n) is 11.5. The number of thiophene rings is 2. The molecule has 158 valence electrons. The number of hydrogen-bond donors (Lipinski definition) is 0. The predicted molar refractivity (Wildman–Crippen MR) is 153 cm³/mol. The van der Waals surface area contributed by atoms with E-state index in [0.717, 1.165) is 0 Å². The van der Waals surface area contributed by atoms with Gasteiger partial charge in [-0.25, -0.2) is 0 Å². The van der Waals surface area contributed by atoms with Gasteiger partial charge in [-0.15, -0.1) is 22.7 Å². The van der Waals surface area contributed by atoms with Crippen LogP contribution in [0.5, 0.6) is 0 Å². The third-order valence-electron chi connectivity index (χ3n) is 7.06. The van der Waals surface area contributed by atoms with Crippen LogP contribution in [0.2, 0.25) is 0 Å². The molecule has 8 rings (SSSR count). The normalized spacial score (nSPS) is 12.1. The summed E-state index contributed by atoms with van der Waals surface area (Å²) in [5.74, 6) is 0. The second-order valence-corrected chi connectivity index (χ2v) is 11.0. The molecule has 8 aromatic rings. The molecule has 0 nitrogen and oxygen atoms in total. The van der Waals surface area contributed by atoms with Crippen LogP contribution in [0, 0.1) is 0 Å². The molecule has 0 saturated heterocycles. The monoisotopic (exact) mass is 466 g/mol. The Morgan fingerprint density at radius 1 is 0.382 bits per heavy atom. The zero-order valence-electron chi connectivity index (χ0n) is 18.2. The molecule has 2 aromatic heterocycles. The summed E-state index contributed by atoms with van der Waals surface area (Å²) in [6.07, 6.45) is 0. The fourth-order valence-electron chi connectivity index (χ4n) is 5.55. The summed E-state index contributed by atoms with van der Waals surface area (Å²) in [5.41, 5.74) is 2.65. The van der Waals surface area contributed by atoms with Gasteiger partial charge in [0.15, 0.2) is 0 Å². The summed E-state index contributed by atoms with van der Waals surface area (Å²) < 4.78 is 5.46. The minimum Gasteiger partial charge on any atom is -0.135 e. The van der Waals surface area contributed by atoms with Crippen molar-refractivity contribution in [2.45, 2.75) is 0 Å². The zero-order chi connectivity index (χ0) is 22.2. The van der Waals surface area contributed by atoms with E-state index in [-0.39, 0.29) is 0 Å². The Balaban J connectivity index is 1.58. The van der Waals surface area contributed by atoms with Crippen LogP contribution >= 0.6 is 22.7 Å². The van der Waals surface area contributed by atoms with Gasteiger partial charge in [0.25, 0.3) is 0 Å². The molecule has 0 N–H and O–H groups in total. The fraction of sp³-hybridized carbons (Fsp3) is 0. The van der Waals surface area contributed by atoms with Crippen molar-refractivity contribution in [2.24, 2.45) is 0 Å². The van der Waals surface area contributed by atoms with Crippen molar-refractivity contribution in [3.05, 3.63) is 109 Å². The maximum Gasteiger partial charge on any atom is 0.0440 e. The highest BCUT2D eigenvalue weighted by Gasteiger charge is 2.17. The van der Waals surface area contributed by atoms with Crippen LogP contribution in [0.25, 0.3) is 73.0 Å². The smallest absolute Gasteiger partial charge is 0.0440 e. The van der Waals surface area contributed by atoms with Crippen LogP contribution in [-0.4, -0.2) is 0 Å². The van der Waals surface area contributed by atoms with E-state index in [9.17, 15) is 0 Å². The van der Waals surface area contributed by atoms with Crippen molar-refractivity contribution in [3.8, 4) is 11.1 Å². The van der Waals surface area contributed by atoms with Crippen LogP contribution in [0.3, 0.4) is 0 Å². The summed E-state index contributed by atoms with van der Waals surface area (Å²) in [4.78, 5) is 0. The van der Waals surface area contributed by atoms with E-state index >= 15 is 0 Å². The molecule has 0 unspecified atom stereocenters. The maximum absolute atomic E-state index is 2.40. The van der Waals surface area contributed by atoms with Crippen molar-refractivity contribution in [3.63, 3.8) is 0 Å². The Hall–Kier alpha value is -3.72. The molecular weight excluding hydrogens is 448 g/mol. The first-order chi connectivity index (χ1) is 16.9. The van der Waals surface area contributed by atoms with Gasteiger partial charge >= 0.3 is 0 Å². The summed E-state index contributed by atoms with van der Waals surface area (Å²) >= 11 is 3.83. The Kier molecular flexibility index (Phi) is 3.79. The summed E-state index contributed by atoms with van der Waals surface area (Å²) in [6, 6.07) is 40.3. The van der Waals surface area contributed by atoms with Gasteiger partial charge in [0, 0.05) is 51.3 Å². The third kappa shape index (κ3) is 2.47. The average molecular weight is 467 g/mol. The lowest BCUT2D eigenvalue weighted by Gasteiger charge is -2.13. The van der Waals surface area contributed by atoms with Crippen molar-refractivity contribution in [1.82, 2.24) is 0 Å². The molecule has 0 fully saturated rings. The molecule has 2 heteroatoms. The number of benzene rings is 6. The first-order valence-corrected chi connectivity index (χ1v) is 13.2. The van der Waals surface area contributed by atoms with Crippen molar-refractivity contribution in [2.75, 3.05) is 0 Å². The Morgan fingerprint density at radius 3 is 1.76 bits per heavy atom. The molecule has 0 aliphatic rings. The van der Waals surface area contributed by atoms with Crippen LogP contribution in [0.15, 0.2) is 109 Å². The van der Waals surface area contributed by atoms with Crippen molar-refractivity contribution >= 4 is 84.6 Å². The molecular formula is C32H18S2. The van der Waals surface area contributed by atoms with Gasteiger partial charge in [-0.3, -0.25) is 0 Å². The molecule has 0 saturated carbocycles. The molecule has 0 radical (unpaired) electrons. The third-order valence-corrected chi connectivity index (χ3v) is 9.49. The molecule has 2 heterocycles. The van der Waals surface area contributed by atoms with Gasteiger partial charge in [0.05, 0.1) is 0 Å². The second kappa shape index (κ2) is 6.89. The summed E-state index contributed by atoms with van der Waals surface area (Å²) in [5, 5.41) is 10.8. The highest BCUT2D eigenvalue weighted by Crippen LogP contribution is 2.47. The van der Waals surface area contributed by atoms with Gasteiger partial charge in [-0.1, -0.05) is 91.0 Å². The van der Waals surface area contributed by atoms with Gasteiger partial charge in [0.1, 0.15) is 0 Å². The Bertz CT molecular complexity index is 2070. The Morgan fingerprint density at radius 2 is 0.971 bits per heavy atom. The zero-order valence-corrected chi connectivity index (χ0v) is 19.8. The predicted octanol–water partition coefficient (Wildman–Crippen LogP) is 10.4. The molecule has 0 atom stereocenters. The number of fused-ring (bicyclic) bond motifs is 10. The van der Waals surface area contributed by atoms with Gasteiger partial charge in [0.2, 0.25) is 0 Å². The van der Waals surface area contributed by atoms with E-state index < -0.39 is 0 Å². The van der Waals surface area contributed by atoms with Crippen LogP contribution in [0.1, 0.15) is 0 Å². The fourth-order valence-corrected chi connectivity index (χ4v) is 8.04. The summed E-state index contributed by atoms with van der Waals surface area (Å²) in [7, 11) is 0. The standard InChI is InChI=1S/C32H18S2/c1-2-9-20-19(8-1)18-27(25-13-7-12-24-21-10-3-5-14-28(21)33-31(24)25)23-16-17-26-22-11-4-6-15-29(22)34-32(26)30(20)23/h1-18H. The van der Waals surface area contributed by atoms with Gasteiger partial charge in [-0.05, 0) is 39.9 Å². The molecule has 34 heavy (non-hydrogen) atoms. The van der Waals surface area contributed by atoms with Gasteiger partial charge in [-0.2, -0.15) is 0 Å². The van der Waals surface area contributed by atoms with E-state index in [1.165, 1.54) is 73.0 Å². The van der Waals surface area contributed by atoms with E-state index in [1.807, 2.05) is 22.7 Å². The van der Waals surface area contributed by atoms with Crippen molar-refractivity contribution < 1.29 is 0 Å². The second-order valence-electron chi connectivity index (χ2n) is 8.89. The quantitative estimate of drug-likeness (QED) is 0.211. The lowest BCUT2D eigenvalue weighted by atomic mass is 9.91. The number of rotatable bonds is 1. The van der Waals surface area contributed by atoms with E-state index in [4.69, 9.17) is 0 Å². The van der Waals surface area contributed by atoms with E-state index in [0.29, 0.717) is 0 Å².